The average Bonchev–Trinajstić information content (AvgIpc) is 3.01. The molecule has 2 aromatic carbocycles. The van der Waals surface area contributed by atoms with Gasteiger partial charge in [0, 0.05) is 11.8 Å². The molecule has 0 atom stereocenters. The van der Waals surface area contributed by atoms with Crippen LogP contribution in [-0.2, 0) is 9.84 Å². The van der Waals surface area contributed by atoms with Crippen molar-refractivity contribution in [2.45, 2.75) is 4.90 Å². The lowest BCUT2D eigenvalue weighted by atomic mass is 10.2. The van der Waals surface area contributed by atoms with E-state index in [0.717, 1.165) is 6.26 Å². The lowest BCUT2D eigenvalue weighted by Crippen LogP contribution is -2.29. The Balaban J connectivity index is 1.74. The highest BCUT2D eigenvalue weighted by molar-refractivity contribution is 7.90. The maximum atomic E-state index is 12.1. The van der Waals surface area contributed by atoms with Crippen LogP contribution in [0.25, 0.3) is 10.2 Å². The van der Waals surface area contributed by atoms with Gasteiger partial charge >= 0.3 is 0 Å². The maximum Gasteiger partial charge on any atom is 0.269 e. The summed E-state index contributed by atoms with van der Waals surface area (Å²) in [6.45, 7) is 0. The van der Waals surface area contributed by atoms with Crippen LogP contribution in [0, 0.1) is 0 Å². The molecule has 1 amide bonds. The molecule has 2 N–H and O–H groups in total. The highest BCUT2D eigenvalue weighted by Gasteiger charge is 2.13. The van der Waals surface area contributed by atoms with Gasteiger partial charge in [0.05, 0.1) is 19.6 Å². The van der Waals surface area contributed by atoms with Crippen LogP contribution in [0.5, 0.6) is 0 Å². The second-order valence-electron chi connectivity index (χ2n) is 5.10. The standard InChI is InChI=1S/C15H11Cl2N3O3S2/c1-25(22,23)9-4-2-8(3-5-9)14(21)19-20-15-18-12-10(16)6-7-11(17)13(12)24-15/h2-7H,1H3,(H,18,20)(H,19,21). The zero-order valence-electron chi connectivity index (χ0n) is 12.7. The first-order valence-corrected chi connectivity index (χ1v) is 10.3. The SMILES string of the molecule is CS(=O)(=O)c1ccc(C(=O)NNc2nc3c(Cl)ccc(Cl)c3s2)cc1. The molecule has 1 aromatic heterocycles. The van der Waals surface area contributed by atoms with Crippen LogP contribution in [0.2, 0.25) is 10.0 Å². The molecule has 0 bridgehead atoms. The number of hydrazine groups is 1. The lowest BCUT2D eigenvalue weighted by Gasteiger charge is -2.06. The number of nitrogens with one attached hydrogen (secondary N) is 2. The molecule has 6 nitrogen and oxygen atoms in total. The van der Waals surface area contributed by atoms with Gasteiger partial charge in [0.1, 0.15) is 5.52 Å². The highest BCUT2D eigenvalue weighted by Crippen LogP contribution is 2.35. The molecule has 3 aromatic rings. The molecule has 3 rings (SSSR count). The summed E-state index contributed by atoms with van der Waals surface area (Å²) in [4.78, 5) is 16.6. The zero-order chi connectivity index (χ0) is 18.2. The normalized spacial score (nSPS) is 11.5. The molecule has 0 radical (unpaired) electrons. The molecule has 0 aliphatic rings. The summed E-state index contributed by atoms with van der Waals surface area (Å²) in [6, 6.07) is 8.94. The van der Waals surface area contributed by atoms with Gasteiger partial charge in [-0.3, -0.25) is 15.6 Å². The lowest BCUT2D eigenvalue weighted by molar-refractivity contribution is 0.0962. The predicted octanol–water partition coefficient (Wildman–Crippen LogP) is 3.76. The Bertz CT molecular complexity index is 1020. The van der Waals surface area contributed by atoms with Crippen LogP contribution in [0.15, 0.2) is 41.3 Å². The van der Waals surface area contributed by atoms with E-state index in [4.69, 9.17) is 23.2 Å². The third kappa shape index (κ3) is 3.87. The van der Waals surface area contributed by atoms with E-state index in [0.29, 0.717) is 31.0 Å². The molecule has 130 valence electrons. The third-order valence-electron chi connectivity index (χ3n) is 3.27. The van der Waals surface area contributed by atoms with Crippen LogP contribution in [0.3, 0.4) is 0 Å². The number of sulfone groups is 1. The summed E-state index contributed by atoms with van der Waals surface area (Å²) in [5.74, 6) is -0.434. The summed E-state index contributed by atoms with van der Waals surface area (Å²) in [5, 5.41) is 1.41. The molecule has 0 aliphatic heterocycles. The summed E-state index contributed by atoms with van der Waals surface area (Å²) in [6.07, 6.45) is 1.10. The van der Waals surface area contributed by atoms with Crippen LogP contribution in [-0.4, -0.2) is 25.6 Å². The van der Waals surface area contributed by atoms with Gasteiger partial charge in [-0.05, 0) is 36.4 Å². The summed E-state index contributed by atoms with van der Waals surface area (Å²) >= 11 is 13.4. The number of aromatic nitrogens is 1. The fourth-order valence-electron chi connectivity index (χ4n) is 2.03. The zero-order valence-corrected chi connectivity index (χ0v) is 15.9. The minimum Gasteiger partial charge on any atom is -0.273 e. The molecule has 0 saturated carbocycles. The first-order valence-electron chi connectivity index (χ1n) is 6.87. The molecule has 0 aliphatic carbocycles. The molecule has 0 saturated heterocycles. The second-order valence-corrected chi connectivity index (χ2v) is 8.93. The summed E-state index contributed by atoms with van der Waals surface area (Å²) in [7, 11) is -3.30. The minimum absolute atomic E-state index is 0.146. The summed E-state index contributed by atoms with van der Waals surface area (Å²) < 4.78 is 23.6. The fourth-order valence-corrected chi connectivity index (χ4v) is 4.04. The van der Waals surface area contributed by atoms with E-state index in [2.05, 4.69) is 15.8 Å². The number of thiazole rings is 1. The number of carbonyl (C=O) groups excluding carboxylic acids is 1. The Morgan fingerprint density at radius 2 is 1.72 bits per heavy atom. The van der Waals surface area contributed by atoms with Crippen molar-refractivity contribution in [3.63, 3.8) is 0 Å². The molecule has 25 heavy (non-hydrogen) atoms. The summed E-state index contributed by atoms with van der Waals surface area (Å²) in [5.41, 5.74) is 6.05. The Labute approximate surface area is 157 Å². The van der Waals surface area contributed by atoms with E-state index in [9.17, 15) is 13.2 Å². The number of rotatable bonds is 4. The Kier molecular flexibility index (Phi) is 4.88. The quantitative estimate of drug-likeness (QED) is 0.633. The van der Waals surface area contributed by atoms with Crippen molar-refractivity contribution in [1.29, 1.82) is 0 Å². The number of amides is 1. The topological polar surface area (TPSA) is 88.2 Å². The monoisotopic (exact) mass is 415 g/mol. The molecule has 1 heterocycles. The number of nitrogens with zero attached hydrogens (tertiary/aromatic N) is 1. The first-order chi connectivity index (χ1) is 11.8. The van der Waals surface area contributed by atoms with E-state index in [1.807, 2.05) is 0 Å². The van der Waals surface area contributed by atoms with Crippen molar-refractivity contribution in [3.05, 3.63) is 52.0 Å². The second kappa shape index (κ2) is 6.80. The number of benzene rings is 2. The number of anilines is 1. The van der Waals surface area contributed by atoms with Crippen LogP contribution >= 0.6 is 34.5 Å². The molecular weight excluding hydrogens is 405 g/mol. The Morgan fingerprint density at radius 3 is 2.32 bits per heavy atom. The van der Waals surface area contributed by atoms with Gasteiger partial charge in [0.2, 0.25) is 5.13 Å². The maximum absolute atomic E-state index is 12.1. The third-order valence-corrected chi connectivity index (χ3v) is 6.14. The number of hydrogen-bond donors (Lipinski definition) is 2. The number of carbonyl (C=O) groups is 1. The molecule has 10 heteroatoms. The van der Waals surface area contributed by atoms with Gasteiger partial charge in [-0.2, -0.15) is 0 Å². The van der Waals surface area contributed by atoms with Crippen molar-refractivity contribution >= 4 is 65.6 Å². The van der Waals surface area contributed by atoms with E-state index >= 15 is 0 Å². The van der Waals surface area contributed by atoms with Gasteiger partial charge in [0.15, 0.2) is 9.84 Å². The number of fused-ring (bicyclic) bond motifs is 1. The van der Waals surface area contributed by atoms with Crippen molar-refractivity contribution in [2.24, 2.45) is 0 Å². The Morgan fingerprint density at radius 1 is 1.08 bits per heavy atom. The Hall–Kier alpha value is -1.87. The van der Waals surface area contributed by atoms with E-state index in [1.54, 1.807) is 12.1 Å². The van der Waals surface area contributed by atoms with Crippen molar-refractivity contribution in [3.8, 4) is 0 Å². The molecule has 0 unspecified atom stereocenters. The van der Waals surface area contributed by atoms with Crippen LogP contribution in [0.1, 0.15) is 10.4 Å². The van der Waals surface area contributed by atoms with E-state index in [1.165, 1.54) is 35.6 Å². The first kappa shape index (κ1) is 17.9. The van der Waals surface area contributed by atoms with Crippen molar-refractivity contribution in [2.75, 3.05) is 11.7 Å². The van der Waals surface area contributed by atoms with Crippen molar-refractivity contribution < 1.29 is 13.2 Å². The van der Waals surface area contributed by atoms with Crippen LogP contribution in [0.4, 0.5) is 5.13 Å². The highest BCUT2D eigenvalue weighted by atomic mass is 35.5. The fraction of sp³-hybridized carbons (Fsp3) is 0.0667. The van der Waals surface area contributed by atoms with Gasteiger partial charge in [-0.15, -0.1) is 0 Å². The minimum atomic E-state index is -3.30. The number of halogens is 2. The van der Waals surface area contributed by atoms with E-state index in [-0.39, 0.29) is 4.90 Å². The van der Waals surface area contributed by atoms with Gasteiger partial charge in [-0.1, -0.05) is 34.5 Å². The van der Waals surface area contributed by atoms with Gasteiger partial charge in [0.25, 0.3) is 5.91 Å². The smallest absolute Gasteiger partial charge is 0.269 e. The molecule has 0 spiro atoms. The van der Waals surface area contributed by atoms with E-state index < -0.39 is 15.7 Å². The molecular formula is C15H11Cl2N3O3S2. The predicted molar refractivity (Wildman–Crippen MR) is 100 cm³/mol. The van der Waals surface area contributed by atoms with Crippen molar-refractivity contribution in [1.82, 2.24) is 10.4 Å². The van der Waals surface area contributed by atoms with Gasteiger partial charge in [-0.25, -0.2) is 13.4 Å². The molecule has 0 fully saturated rings. The number of hydrogen-bond acceptors (Lipinski definition) is 6. The largest absolute Gasteiger partial charge is 0.273 e. The average molecular weight is 416 g/mol. The van der Waals surface area contributed by atoms with Gasteiger partial charge < -0.3 is 0 Å². The van der Waals surface area contributed by atoms with Crippen LogP contribution < -0.4 is 10.9 Å².